The molecule has 0 atom stereocenters. The van der Waals surface area contributed by atoms with E-state index in [-0.39, 0.29) is 41.1 Å². The van der Waals surface area contributed by atoms with Crippen LogP contribution in [0.3, 0.4) is 0 Å². The summed E-state index contributed by atoms with van der Waals surface area (Å²) in [5.74, 6) is 1.97. The Bertz CT molecular complexity index is 85.5. The van der Waals surface area contributed by atoms with Crippen molar-refractivity contribution in [2.75, 3.05) is 14.2 Å². The van der Waals surface area contributed by atoms with Crippen molar-refractivity contribution >= 4 is 24.1 Å². The van der Waals surface area contributed by atoms with Crippen molar-refractivity contribution in [1.29, 1.82) is 0 Å². The molecule has 0 N–H and O–H groups in total. The summed E-state index contributed by atoms with van der Waals surface area (Å²) < 4.78 is 26.4. The Morgan fingerprint density at radius 1 is 1.08 bits per heavy atom. The molecule has 0 unspecified atom stereocenters. The minimum Gasteiger partial charge on any atom is -0.481 e. The van der Waals surface area contributed by atoms with E-state index in [0.29, 0.717) is 0 Å². The van der Waals surface area contributed by atoms with Crippen molar-refractivity contribution in [2.45, 2.75) is 5.79 Å². The van der Waals surface area contributed by atoms with Crippen LogP contribution in [0.4, 0.5) is 0 Å². The predicted molar refractivity (Wildman–Crippen MR) is 45.6 cm³/mol. The van der Waals surface area contributed by atoms with E-state index in [0.717, 1.165) is 0 Å². The first-order valence-corrected chi connectivity index (χ1v) is 5.19. The van der Waals surface area contributed by atoms with E-state index in [9.17, 15) is 0 Å². The largest absolute Gasteiger partial charge is 2.00 e. The Morgan fingerprint density at radius 3 is 1.25 bits per heavy atom. The van der Waals surface area contributed by atoms with E-state index in [2.05, 4.69) is 0 Å². The summed E-state index contributed by atoms with van der Waals surface area (Å²) in [4.78, 5) is 0. The van der Waals surface area contributed by atoms with E-state index < -0.39 is 24.1 Å². The van der Waals surface area contributed by atoms with Gasteiger partial charge in [-0.1, -0.05) is 5.79 Å². The van der Waals surface area contributed by atoms with E-state index in [1.807, 2.05) is 5.79 Å². The molecule has 0 amide bonds. The maximum absolute atomic E-state index is 8.40. The van der Waals surface area contributed by atoms with Crippen LogP contribution in [0.1, 0.15) is 0 Å². The summed E-state index contributed by atoms with van der Waals surface area (Å²) in [6.45, 7) is 0. The molecule has 0 rings (SSSR count). The first-order valence-electron chi connectivity index (χ1n) is 2.27. The summed E-state index contributed by atoms with van der Waals surface area (Å²) in [5.41, 5.74) is 0. The Balaban J connectivity index is -0.0000000246. The molecule has 0 aliphatic heterocycles. The van der Waals surface area contributed by atoms with Crippen LogP contribution in [-0.2, 0) is 42.7 Å². The van der Waals surface area contributed by atoms with Crippen molar-refractivity contribution in [1.82, 2.24) is 0 Å². The zero-order valence-electron chi connectivity index (χ0n) is 8.21. The summed E-state index contributed by atoms with van der Waals surface area (Å²) in [7, 11) is 1.92. The summed E-state index contributed by atoms with van der Waals surface area (Å²) in [5, 5.41) is 0. The minimum absolute atomic E-state index is 0. The van der Waals surface area contributed by atoms with Gasteiger partial charge in [-0.15, -0.1) is 0 Å². The van der Waals surface area contributed by atoms with Gasteiger partial charge in [0.15, 0.2) is 0 Å². The fourth-order valence-corrected chi connectivity index (χ4v) is 0.289. The molecule has 0 aliphatic carbocycles. The number of hydrogen-bond acceptors (Lipinski definition) is 4. The molecular formula is C5H15AlO4SiZr. The van der Waals surface area contributed by atoms with Crippen LogP contribution < -0.4 is 0 Å². The van der Waals surface area contributed by atoms with Crippen molar-refractivity contribution in [3.8, 4) is 0 Å². The normalized spacial score (nSPS) is 4.92. The fourth-order valence-electron chi connectivity index (χ4n) is 0.0962. The molecule has 0 radical (unpaired) electrons. The van der Waals surface area contributed by atoms with Gasteiger partial charge >= 0.3 is 50.3 Å². The summed E-state index contributed by atoms with van der Waals surface area (Å²) in [6, 6.07) is 0. The van der Waals surface area contributed by atoms with Gasteiger partial charge in [0.1, 0.15) is 0 Å². The molecule has 0 aromatic carbocycles. The van der Waals surface area contributed by atoms with Crippen molar-refractivity contribution in [3.63, 3.8) is 0 Å². The van der Waals surface area contributed by atoms with Crippen LogP contribution in [0.25, 0.3) is 0 Å². The van der Waals surface area contributed by atoms with Crippen LogP contribution in [0.2, 0.25) is 5.79 Å². The Hall–Kier alpha value is 1.15. The minimum atomic E-state index is -1.42. The average Bonchev–Trinajstić information content (AvgIpc) is 1.88. The number of hydrogen-bond donors (Lipinski definition) is 0. The second kappa shape index (κ2) is 29.5. The summed E-state index contributed by atoms with van der Waals surface area (Å²) in [6.07, 6.45) is 0. The molecular weight excluding hydrogens is 270 g/mol. The quantitative estimate of drug-likeness (QED) is 0.553. The van der Waals surface area contributed by atoms with Gasteiger partial charge in [0.2, 0.25) is 0 Å². The zero-order valence-corrected chi connectivity index (χ0v) is 12.8. The molecule has 0 saturated carbocycles. The van der Waals surface area contributed by atoms with E-state index in [1.165, 1.54) is 0 Å². The second-order valence-electron chi connectivity index (χ2n) is 1.12. The van der Waals surface area contributed by atoms with Crippen molar-refractivity contribution in [3.05, 3.63) is 14.9 Å². The molecule has 0 aliphatic rings. The molecule has 0 spiro atoms. The van der Waals surface area contributed by atoms with Gasteiger partial charge in [0.25, 0.3) is 0 Å². The Kier molecular flexibility index (Phi) is 72.0. The van der Waals surface area contributed by atoms with Gasteiger partial charge in [0, 0.05) is 14.2 Å². The van der Waals surface area contributed by atoms with Crippen LogP contribution in [0.5, 0.6) is 0 Å². The molecule has 0 heterocycles. The Morgan fingerprint density at radius 2 is 1.25 bits per heavy atom. The third kappa shape index (κ3) is 43.3. The third-order valence-corrected chi connectivity index (χ3v) is 1.99. The molecule has 70 valence electrons. The summed E-state index contributed by atoms with van der Waals surface area (Å²) >= 11 is -1.16. The second-order valence-corrected chi connectivity index (χ2v) is 3.37. The molecule has 0 saturated heterocycles. The first-order chi connectivity index (χ1) is 4.22. The van der Waals surface area contributed by atoms with E-state index in [1.54, 1.807) is 14.2 Å². The average molecular weight is 285 g/mol. The van der Waals surface area contributed by atoms with Gasteiger partial charge in [-0.3, -0.25) is 8.92 Å². The predicted octanol–water partition coefficient (Wildman–Crippen LogP) is 0.677. The van der Waals surface area contributed by atoms with E-state index in [4.69, 9.17) is 16.5 Å². The zero-order chi connectivity index (χ0) is 7.70. The van der Waals surface area contributed by atoms with Gasteiger partial charge in [-0.25, -0.2) is 0 Å². The van der Waals surface area contributed by atoms with E-state index >= 15 is 0 Å². The van der Waals surface area contributed by atoms with Crippen LogP contribution in [0, 0.1) is 14.9 Å². The van der Waals surface area contributed by atoms with Gasteiger partial charge < -0.3 is 22.4 Å². The molecule has 0 fully saturated rings. The molecule has 4 nitrogen and oxygen atoms in total. The van der Waals surface area contributed by atoms with Crippen LogP contribution in [0.15, 0.2) is 0 Å². The standard InChI is InChI=1S/2CH3O.3CH3.Al.O2Si.Zr/c2*1-2;;;;;1-3-2;/h2*1H3;3*1H3;;;/q2*-1;;2*-1;+2;;+2. The third-order valence-electron chi connectivity index (χ3n) is 0.664. The van der Waals surface area contributed by atoms with Crippen molar-refractivity contribution < 1.29 is 42.7 Å². The first kappa shape index (κ1) is 29.2. The van der Waals surface area contributed by atoms with Crippen molar-refractivity contribution in [2.24, 2.45) is 0 Å². The van der Waals surface area contributed by atoms with Crippen LogP contribution >= 0.6 is 0 Å². The van der Waals surface area contributed by atoms with Gasteiger partial charge in [-0.05, 0) is 0 Å². The molecule has 0 aromatic rings. The Labute approximate surface area is 101 Å². The van der Waals surface area contributed by atoms with Crippen LogP contribution in [-0.4, -0.2) is 38.3 Å². The van der Waals surface area contributed by atoms with Gasteiger partial charge in [-0.2, -0.15) is 0 Å². The molecule has 0 aromatic heterocycles. The topological polar surface area (TPSA) is 52.6 Å². The molecule has 12 heavy (non-hydrogen) atoms. The molecule has 7 heteroatoms. The fraction of sp³-hybridized carbons (Fsp3) is 0.600. The smallest absolute Gasteiger partial charge is 0.481 e. The molecule has 0 bridgehead atoms. The SMILES string of the molecule is C[O][Al]([CH3])[O]C.O=[Si]=O.[CH3-].[CH3-].[Zr+2]. The maximum Gasteiger partial charge on any atom is 2.00 e. The number of rotatable bonds is 2. The van der Waals surface area contributed by atoms with Gasteiger partial charge in [0.05, 0.1) is 0 Å². The monoisotopic (exact) mass is 284 g/mol. The maximum atomic E-state index is 8.40.